The molecule has 0 saturated carbocycles. The van der Waals surface area contributed by atoms with E-state index in [-0.39, 0.29) is 10.8 Å². The summed E-state index contributed by atoms with van der Waals surface area (Å²) in [4.78, 5) is 2.65. The van der Waals surface area contributed by atoms with E-state index in [0.29, 0.717) is 17.8 Å². The summed E-state index contributed by atoms with van der Waals surface area (Å²) in [7, 11) is 0. The average Bonchev–Trinajstić information content (AvgIpc) is 3.64. The van der Waals surface area contributed by atoms with Crippen LogP contribution in [0.4, 0.5) is 11.4 Å². The molecule has 0 amide bonds. The zero-order valence-corrected chi connectivity index (χ0v) is 28.2. The van der Waals surface area contributed by atoms with Gasteiger partial charge in [0.15, 0.2) is 5.71 Å². The number of anilines is 1. The molecule has 1 atom stereocenters. The third kappa shape index (κ3) is 5.87. The minimum absolute atomic E-state index is 0.0540. The van der Waals surface area contributed by atoms with Gasteiger partial charge in [0.25, 0.3) is 0 Å². The molecule has 43 heavy (non-hydrogen) atoms. The van der Waals surface area contributed by atoms with Gasteiger partial charge in [0.1, 0.15) is 6.54 Å². The van der Waals surface area contributed by atoms with Gasteiger partial charge in [-0.2, -0.15) is 4.58 Å². The van der Waals surface area contributed by atoms with Gasteiger partial charge in [0.2, 0.25) is 5.69 Å². The number of rotatable bonds is 12. The first-order chi connectivity index (χ1) is 20.6. The third-order valence-corrected chi connectivity index (χ3v) is 10.4. The molecule has 3 aliphatic rings. The summed E-state index contributed by atoms with van der Waals surface area (Å²) in [5.74, 6) is 1.80. The lowest BCUT2D eigenvalue weighted by molar-refractivity contribution is -0.439. The summed E-state index contributed by atoms with van der Waals surface area (Å²) in [6.07, 6.45) is 22.2. The second kappa shape index (κ2) is 12.8. The molecule has 0 spiro atoms. The molecule has 0 aromatic heterocycles. The van der Waals surface area contributed by atoms with Crippen LogP contribution >= 0.6 is 0 Å². The highest BCUT2D eigenvalue weighted by Crippen LogP contribution is 2.52. The van der Waals surface area contributed by atoms with Crippen LogP contribution < -0.4 is 4.90 Å². The third-order valence-electron chi connectivity index (χ3n) is 10.4. The Hall–Kier alpha value is -3.13. The molecule has 2 aromatic rings. The highest BCUT2D eigenvalue weighted by atomic mass is 15.2. The zero-order chi connectivity index (χ0) is 30.8. The van der Waals surface area contributed by atoms with Gasteiger partial charge in [0, 0.05) is 47.5 Å². The molecule has 2 heterocycles. The summed E-state index contributed by atoms with van der Waals surface area (Å²) in [6.45, 7) is 21.0. The number of allylic oxidation sites excluding steroid dienone is 8. The van der Waals surface area contributed by atoms with Crippen LogP contribution in [0, 0.1) is 24.7 Å². The van der Waals surface area contributed by atoms with E-state index in [1.807, 2.05) is 0 Å². The first-order valence-electron chi connectivity index (χ1n) is 17.0. The van der Waals surface area contributed by atoms with Crippen molar-refractivity contribution in [2.45, 2.75) is 98.3 Å². The average molecular weight is 576 g/mol. The molecule has 0 radical (unpaired) electrons. The molecular formula is C41H55N2+. The van der Waals surface area contributed by atoms with Gasteiger partial charge in [-0.05, 0) is 81.1 Å². The molecule has 228 valence electrons. The Morgan fingerprint density at radius 1 is 0.907 bits per heavy atom. The molecular weight excluding hydrogens is 520 g/mol. The lowest BCUT2D eigenvalue weighted by Crippen LogP contribution is -2.33. The summed E-state index contributed by atoms with van der Waals surface area (Å²) >= 11 is 0. The van der Waals surface area contributed by atoms with Gasteiger partial charge in [0.05, 0.1) is 5.41 Å². The molecule has 0 saturated heterocycles. The van der Waals surface area contributed by atoms with Gasteiger partial charge in [-0.1, -0.05) is 102 Å². The maximum absolute atomic E-state index is 2.65. The van der Waals surface area contributed by atoms with Crippen molar-refractivity contribution in [3.05, 3.63) is 107 Å². The van der Waals surface area contributed by atoms with Crippen molar-refractivity contribution in [2.75, 3.05) is 18.0 Å². The standard InChI is InChI=1S/C41H55N2/c1-9-41(10-2)34-18-13-14-19-36(34)43(27-25-31(5)6)39(41)21-15-20-38-40(8,29-33-16-11-12-17-33)35-28-32(7)22-23-37(35)42(38)26-24-30(3)4/h11-23,28,30-31,33H,9-10,24-27,29H2,1-8H3/q+1. The van der Waals surface area contributed by atoms with Gasteiger partial charge >= 0.3 is 0 Å². The monoisotopic (exact) mass is 575 g/mol. The normalized spacial score (nSPS) is 21.9. The number of nitrogens with zero attached hydrogens (tertiary/aromatic N) is 2. The number of benzene rings is 2. The number of para-hydroxylation sites is 1. The Labute approximate surface area is 262 Å². The van der Waals surface area contributed by atoms with Crippen LogP contribution in [0.3, 0.4) is 0 Å². The maximum Gasteiger partial charge on any atom is 0.209 e. The molecule has 2 aromatic carbocycles. The Bertz CT molecular complexity index is 1450. The molecule has 0 fully saturated rings. The van der Waals surface area contributed by atoms with Crippen LogP contribution in [-0.2, 0) is 10.8 Å². The van der Waals surface area contributed by atoms with E-state index in [0.717, 1.165) is 32.4 Å². The van der Waals surface area contributed by atoms with Crippen molar-refractivity contribution in [2.24, 2.45) is 17.8 Å². The van der Waals surface area contributed by atoms with Crippen molar-refractivity contribution >= 4 is 17.1 Å². The lowest BCUT2D eigenvalue weighted by atomic mass is 9.72. The topological polar surface area (TPSA) is 6.25 Å². The lowest BCUT2D eigenvalue weighted by Gasteiger charge is -2.32. The molecule has 2 aliphatic heterocycles. The van der Waals surface area contributed by atoms with Crippen LogP contribution in [0.25, 0.3) is 0 Å². The summed E-state index contributed by atoms with van der Waals surface area (Å²) in [6, 6.07) is 16.3. The largest absolute Gasteiger partial charge is 0.344 e. The quantitative estimate of drug-likeness (QED) is 0.228. The number of fused-ring (bicyclic) bond motifs is 2. The Morgan fingerprint density at radius 3 is 2.28 bits per heavy atom. The van der Waals surface area contributed by atoms with E-state index in [9.17, 15) is 0 Å². The first-order valence-corrected chi connectivity index (χ1v) is 17.0. The van der Waals surface area contributed by atoms with Crippen LogP contribution in [0.5, 0.6) is 0 Å². The van der Waals surface area contributed by atoms with Crippen LogP contribution in [-0.4, -0.2) is 23.4 Å². The van der Waals surface area contributed by atoms with Gasteiger partial charge in [-0.15, -0.1) is 0 Å². The minimum atomic E-state index is -0.0560. The SMILES string of the molecule is CCC1(CC)/C(=C/C=C/C2=[N+](CCC(C)C)c3ccc(C)cc3C2(C)CC2C=CC=C2)N(CCC(C)C)c2ccccc21. The van der Waals surface area contributed by atoms with Gasteiger partial charge in [-0.25, -0.2) is 0 Å². The van der Waals surface area contributed by atoms with Crippen molar-refractivity contribution in [1.29, 1.82) is 0 Å². The molecule has 0 N–H and O–H groups in total. The fourth-order valence-electron chi connectivity index (χ4n) is 7.84. The van der Waals surface area contributed by atoms with E-state index in [1.54, 1.807) is 0 Å². The van der Waals surface area contributed by atoms with Crippen molar-refractivity contribution in [1.82, 2.24) is 0 Å². The van der Waals surface area contributed by atoms with E-state index in [4.69, 9.17) is 0 Å². The van der Waals surface area contributed by atoms with E-state index in [1.165, 1.54) is 52.3 Å². The summed E-state index contributed by atoms with van der Waals surface area (Å²) in [5, 5.41) is 0. The smallest absolute Gasteiger partial charge is 0.209 e. The maximum atomic E-state index is 2.65. The van der Waals surface area contributed by atoms with Crippen LogP contribution in [0.1, 0.15) is 97.3 Å². The Morgan fingerprint density at radius 2 is 1.60 bits per heavy atom. The van der Waals surface area contributed by atoms with Crippen LogP contribution in [0.2, 0.25) is 0 Å². The molecule has 1 unspecified atom stereocenters. The molecule has 2 heteroatoms. The van der Waals surface area contributed by atoms with Crippen molar-refractivity contribution < 1.29 is 4.58 Å². The van der Waals surface area contributed by atoms with Crippen molar-refractivity contribution in [3.8, 4) is 0 Å². The predicted octanol–water partition coefficient (Wildman–Crippen LogP) is 10.6. The fraction of sp³-hybridized carbons (Fsp3) is 0.488. The molecule has 2 nitrogen and oxygen atoms in total. The Kier molecular flexibility index (Phi) is 9.35. The second-order valence-corrected chi connectivity index (χ2v) is 14.3. The van der Waals surface area contributed by atoms with Gasteiger partial charge < -0.3 is 4.90 Å². The molecule has 0 bridgehead atoms. The molecule has 5 rings (SSSR count). The predicted molar refractivity (Wildman–Crippen MR) is 187 cm³/mol. The van der Waals surface area contributed by atoms with Crippen LogP contribution in [0.15, 0.2) is 90.7 Å². The first kappa shape index (κ1) is 31.3. The number of hydrogen-bond acceptors (Lipinski definition) is 1. The number of aryl methyl sites for hydroxylation is 1. The van der Waals surface area contributed by atoms with E-state index < -0.39 is 0 Å². The van der Waals surface area contributed by atoms with Crippen molar-refractivity contribution in [3.63, 3.8) is 0 Å². The van der Waals surface area contributed by atoms with Gasteiger partial charge in [-0.3, -0.25) is 0 Å². The number of hydrogen-bond donors (Lipinski definition) is 0. The van der Waals surface area contributed by atoms with E-state index >= 15 is 0 Å². The fourth-order valence-corrected chi connectivity index (χ4v) is 7.84. The highest BCUT2D eigenvalue weighted by Gasteiger charge is 2.49. The minimum Gasteiger partial charge on any atom is -0.344 e. The highest BCUT2D eigenvalue weighted by molar-refractivity contribution is 6.03. The summed E-state index contributed by atoms with van der Waals surface area (Å²) in [5.41, 5.74) is 10.1. The second-order valence-electron chi connectivity index (χ2n) is 14.3. The van der Waals surface area contributed by atoms with E-state index in [2.05, 4.69) is 150 Å². The summed E-state index contributed by atoms with van der Waals surface area (Å²) < 4.78 is 2.65. The molecule has 1 aliphatic carbocycles. The Balaban J connectivity index is 1.62. The zero-order valence-electron chi connectivity index (χ0n) is 28.2.